The zero-order valence-electron chi connectivity index (χ0n) is 8.98. The number of carbonyl (C=O) groups is 1. The number of carbonyl (C=O) groups excluding carboxylic acids is 1. The van der Waals surface area contributed by atoms with Crippen LogP contribution in [0.25, 0.3) is 0 Å². The minimum absolute atomic E-state index is 0.0363. The fourth-order valence-electron chi connectivity index (χ4n) is 1.34. The second-order valence-electron chi connectivity index (χ2n) is 3.44. The van der Waals surface area contributed by atoms with E-state index in [-0.39, 0.29) is 5.56 Å². The summed E-state index contributed by atoms with van der Waals surface area (Å²) in [4.78, 5) is 11.4. The number of hydrogen-bond acceptors (Lipinski definition) is 1. The molecule has 0 unspecified atom stereocenters. The molecular weight excluding hydrogens is 219 g/mol. The van der Waals surface area contributed by atoms with E-state index < -0.39 is 17.6 Å². The Morgan fingerprint density at radius 1 is 1.31 bits per heavy atom. The fraction of sp³-hybridized carbons (Fsp3) is 0.364. The molecule has 0 fully saturated rings. The molecule has 0 heterocycles. The van der Waals surface area contributed by atoms with Crippen molar-refractivity contribution < 1.29 is 18.0 Å². The van der Waals surface area contributed by atoms with Crippen LogP contribution >= 0.6 is 0 Å². The molecule has 1 N–H and O–H groups in total. The first-order valence-electron chi connectivity index (χ1n) is 4.81. The second kappa shape index (κ2) is 4.55. The lowest BCUT2D eigenvalue weighted by Crippen LogP contribution is -2.23. The molecule has 0 aromatic heterocycles. The van der Waals surface area contributed by atoms with Crippen molar-refractivity contribution >= 4 is 5.91 Å². The minimum Gasteiger partial charge on any atom is -0.352 e. The number of halogens is 3. The zero-order chi connectivity index (χ0) is 12.3. The van der Waals surface area contributed by atoms with Crippen molar-refractivity contribution in [2.45, 2.75) is 20.0 Å². The van der Waals surface area contributed by atoms with Crippen LogP contribution in [0, 0.1) is 6.92 Å². The maximum atomic E-state index is 12.5. The lowest BCUT2D eigenvalue weighted by molar-refractivity contribution is -0.137. The van der Waals surface area contributed by atoms with Gasteiger partial charge in [-0.3, -0.25) is 4.79 Å². The second-order valence-corrected chi connectivity index (χ2v) is 3.44. The van der Waals surface area contributed by atoms with Gasteiger partial charge in [-0.1, -0.05) is 0 Å². The summed E-state index contributed by atoms with van der Waals surface area (Å²) in [6, 6.07) is 3.31. The summed E-state index contributed by atoms with van der Waals surface area (Å²) >= 11 is 0. The van der Waals surface area contributed by atoms with Gasteiger partial charge in [0.05, 0.1) is 5.56 Å². The van der Waals surface area contributed by atoms with Gasteiger partial charge >= 0.3 is 6.18 Å². The molecule has 2 nitrogen and oxygen atoms in total. The summed E-state index contributed by atoms with van der Waals surface area (Å²) in [5, 5.41) is 2.46. The first-order chi connectivity index (χ1) is 7.34. The summed E-state index contributed by atoms with van der Waals surface area (Å²) in [5.41, 5.74) is -0.348. The normalized spacial score (nSPS) is 11.3. The number of hydrogen-bond donors (Lipinski definition) is 1. The monoisotopic (exact) mass is 231 g/mol. The van der Waals surface area contributed by atoms with Crippen LogP contribution in [0.3, 0.4) is 0 Å². The fourth-order valence-corrected chi connectivity index (χ4v) is 1.34. The van der Waals surface area contributed by atoms with E-state index in [4.69, 9.17) is 0 Å². The first kappa shape index (κ1) is 12.5. The molecule has 0 radical (unpaired) electrons. The molecule has 0 saturated carbocycles. The highest BCUT2D eigenvalue weighted by Gasteiger charge is 2.31. The van der Waals surface area contributed by atoms with Gasteiger partial charge in [0, 0.05) is 12.1 Å². The first-order valence-corrected chi connectivity index (χ1v) is 4.81. The number of benzene rings is 1. The van der Waals surface area contributed by atoms with Gasteiger partial charge in [0.15, 0.2) is 0 Å². The van der Waals surface area contributed by atoms with Crippen LogP contribution < -0.4 is 5.32 Å². The average Bonchev–Trinajstić information content (AvgIpc) is 2.16. The lowest BCUT2D eigenvalue weighted by Gasteiger charge is -2.10. The Balaban J connectivity index is 3.13. The highest BCUT2D eigenvalue weighted by atomic mass is 19.4. The largest absolute Gasteiger partial charge is 0.416 e. The van der Waals surface area contributed by atoms with Crippen molar-refractivity contribution in [3.05, 3.63) is 34.9 Å². The van der Waals surface area contributed by atoms with Crippen LogP contribution in [-0.4, -0.2) is 12.5 Å². The van der Waals surface area contributed by atoms with Crippen LogP contribution in [0.4, 0.5) is 13.2 Å². The van der Waals surface area contributed by atoms with E-state index in [1.807, 2.05) is 0 Å². The Kier molecular flexibility index (Phi) is 3.57. The van der Waals surface area contributed by atoms with Crippen LogP contribution in [0.1, 0.15) is 28.4 Å². The molecule has 0 bridgehead atoms. The van der Waals surface area contributed by atoms with E-state index in [1.165, 1.54) is 13.0 Å². The maximum Gasteiger partial charge on any atom is 0.416 e. The number of rotatable bonds is 2. The Morgan fingerprint density at radius 2 is 1.94 bits per heavy atom. The summed E-state index contributed by atoms with van der Waals surface area (Å²) in [5.74, 6) is -0.489. The number of alkyl halides is 3. The number of aryl methyl sites for hydroxylation is 1. The van der Waals surface area contributed by atoms with E-state index >= 15 is 0 Å². The van der Waals surface area contributed by atoms with E-state index in [2.05, 4.69) is 5.32 Å². The molecule has 1 aromatic carbocycles. The SMILES string of the molecule is CCNC(=O)c1cc(C)cc(C(F)(F)F)c1. The van der Waals surface area contributed by atoms with Gasteiger partial charge in [0.1, 0.15) is 0 Å². The van der Waals surface area contributed by atoms with Gasteiger partial charge in [-0.15, -0.1) is 0 Å². The van der Waals surface area contributed by atoms with Crippen molar-refractivity contribution in [1.82, 2.24) is 5.32 Å². The zero-order valence-corrected chi connectivity index (χ0v) is 8.98. The van der Waals surface area contributed by atoms with Crippen LogP contribution in [-0.2, 0) is 6.18 Å². The van der Waals surface area contributed by atoms with E-state index in [9.17, 15) is 18.0 Å². The molecule has 1 amide bonds. The van der Waals surface area contributed by atoms with E-state index in [0.717, 1.165) is 12.1 Å². The van der Waals surface area contributed by atoms with E-state index in [0.29, 0.717) is 12.1 Å². The Hall–Kier alpha value is -1.52. The van der Waals surface area contributed by atoms with Crippen LogP contribution in [0.5, 0.6) is 0 Å². The molecule has 0 aliphatic heterocycles. The highest BCUT2D eigenvalue weighted by Crippen LogP contribution is 2.30. The summed E-state index contributed by atoms with van der Waals surface area (Å²) in [6.07, 6.45) is -4.42. The third-order valence-electron chi connectivity index (χ3n) is 2.00. The molecule has 0 aliphatic rings. The molecule has 16 heavy (non-hydrogen) atoms. The van der Waals surface area contributed by atoms with Gasteiger partial charge in [0.2, 0.25) is 0 Å². The quantitative estimate of drug-likeness (QED) is 0.833. The topological polar surface area (TPSA) is 29.1 Å². The van der Waals surface area contributed by atoms with Gasteiger partial charge in [-0.05, 0) is 37.6 Å². The Morgan fingerprint density at radius 3 is 2.44 bits per heavy atom. The van der Waals surface area contributed by atoms with Gasteiger partial charge in [-0.2, -0.15) is 13.2 Å². The molecule has 1 aromatic rings. The van der Waals surface area contributed by atoms with Gasteiger partial charge in [-0.25, -0.2) is 0 Å². The minimum atomic E-state index is -4.42. The molecule has 0 atom stereocenters. The molecular formula is C11H12F3NO. The third kappa shape index (κ3) is 2.98. The highest BCUT2D eigenvalue weighted by molar-refractivity contribution is 5.94. The van der Waals surface area contributed by atoms with Crippen molar-refractivity contribution in [3.63, 3.8) is 0 Å². The van der Waals surface area contributed by atoms with Gasteiger partial charge < -0.3 is 5.32 Å². The molecule has 88 valence electrons. The van der Waals surface area contributed by atoms with Crippen molar-refractivity contribution in [1.29, 1.82) is 0 Å². The van der Waals surface area contributed by atoms with Crippen molar-refractivity contribution in [2.75, 3.05) is 6.54 Å². The Labute approximate surface area is 91.5 Å². The number of amides is 1. The van der Waals surface area contributed by atoms with Crippen LogP contribution in [0.15, 0.2) is 18.2 Å². The predicted molar refractivity (Wildman–Crippen MR) is 54.2 cm³/mol. The van der Waals surface area contributed by atoms with E-state index in [1.54, 1.807) is 6.92 Å². The molecule has 5 heteroatoms. The molecule has 0 saturated heterocycles. The summed E-state index contributed by atoms with van der Waals surface area (Å²) in [6.45, 7) is 3.62. The third-order valence-corrected chi connectivity index (χ3v) is 2.00. The molecule has 0 spiro atoms. The number of nitrogens with one attached hydrogen (secondary N) is 1. The standard InChI is InChI=1S/C11H12F3NO/c1-3-15-10(16)8-4-7(2)5-9(6-8)11(12,13)14/h4-6H,3H2,1-2H3,(H,15,16). The maximum absolute atomic E-state index is 12.5. The van der Waals surface area contributed by atoms with Crippen LogP contribution in [0.2, 0.25) is 0 Å². The summed E-state index contributed by atoms with van der Waals surface area (Å²) < 4.78 is 37.4. The Bertz CT molecular complexity index is 399. The lowest BCUT2D eigenvalue weighted by atomic mass is 10.1. The van der Waals surface area contributed by atoms with Crippen molar-refractivity contribution in [3.8, 4) is 0 Å². The molecule has 0 aliphatic carbocycles. The average molecular weight is 231 g/mol. The van der Waals surface area contributed by atoms with Crippen molar-refractivity contribution in [2.24, 2.45) is 0 Å². The summed E-state index contributed by atoms with van der Waals surface area (Å²) in [7, 11) is 0. The smallest absolute Gasteiger partial charge is 0.352 e. The predicted octanol–water partition coefficient (Wildman–Crippen LogP) is 2.76. The molecule has 1 rings (SSSR count). The van der Waals surface area contributed by atoms with Gasteiger partial charge in [0.25, 0.3) is 5.91 Å².